The minimum absolute atomic E-state index is 0.0353. The Morgan fingerprint density at radius 3 is 2.51 bits per heavy atom. The number of nitrogens with zero attached hydrogens (tertiary/aromatic N) is 2. The van der Waals surface area contributed by atoms with Gasteiger partial charge in [0.1, 0.15) is 35.7 Å². The van der Waals surface area contributed by atoms with E-state index in [4.69, 9.17) is 21.1 Å². The molecule has 3 aromatic rings. The van der Waals surface area contributed by atoms with Gasteiger partial charge in [0.25, 0.3) is 5.91 Å². The smallest absolute Gasteiger partial charge is 0.254 e. The monoisotopic (exact) mass is 527 g/mol. The number of benzene rings is 2. The average molecular weight is 528 g/mol. The number of halogens is 1. The lowest BCUT2D eigenvalue weighted by molar-refractivity contribution is -0.118. The fraction of sp³-hybridized carbons (Fsp3) is 0.393. The minimum Gasteiger partial charge on any atom is -0.490 e. The maximum atomic E-state index is 12.7. The number of rotatable bonds is 13. The third kappa shape index (κ3) is 7.41. The van der Waals surface area contributed by atoms with E-state index in [9.17, 15) is 14.7 Å². The molecule has 0 aliphatic rings. The fourth-order valence-electron chi connectivity index (χ4n) is 3.89. The van der Waals surface area contributed by atoms with Gasteiger partial charge in [0.05, 0.1) is 11.1 Å². The summed E-state index contributed by atoms with van der Waals surface area (Å²) < 4.78 is 12.0. The number of pyridine rings is 1. The van der Waals surface area contributed by atoms with E-state index in [1.165, 1.54) is 0 Å². The number of aliphatic hydroxyl groups excluding tert-OH is 1. The molecule has 3 rings (SSSR count). The number of hydrogen-bond donors (Lipinski definition) is 2. The SMILES string of the molecule is CCC(=O)Cc1ccc(Oc2ccnc3cc(OC[C@H](O)CN(CC)CC)c(C(=O)NC)cc23)cc1Cl. The number of carbonyl (C=O) groups is 2. The zero-order valence-corrected chi connectivity index (χ0v) is 22.5. The van der Waals surface area contributed by atoms with E-state index < -0.39 is 6.10 Å². The van der Waals surface area contributed by atoms with Crippen molar-refractivity contribution in [3.05, 3.63) is 58.7 Å². The summed E-state index contributed by atoms with van der Waals surface area (Å²) in [6.07, 6.45) is 1.62. The topological polar surface area (TPSA) is 101 Å². The minimum atomic E-state index is -0.712. The molecule has 2 N–H and O–H groups in total. The zero-order valence-electron chi connectivity index (χ0n) is 21.7. The molecule has 8 nitrogen and oxygen atoms in total. The predicted molar refractivity (Wildman–Crippen MR) is 145 cm³/mol. The van der Waals surface area contributed by atoms with Crippen LogP contribution in [0.15, 0.2) is 42.6 Å². The predicted octanol–water partition coefficient (Wildman–Crippen LogP) is 4.64. The van der Waals surface area contributed by atoms with Gasteiger partial charge in [-0.3, -0.25) is 14.6 Å². The van der Waals surface area contributed by atoms with Gasteiger partial charge in [-0.1, -0.05) is 38.4 Å². The van der Waals surface area contributed by atoms with Gasteiger partial charge in [-0.25, -0.2) is 0 Å². The number of fused-ring (bicyclic) bond motifs is 1. The molecule has 0 aliphatic carbocycles. The number of Topliss-reactive ketones (excluding diaryl/α,β-unsaturated/α-hetero) is 1. The maximum Gasteiger partial charge on any atom is 0.254 e. The molecule has 37 heavy (non-hydrogen) atoms. The van der Waals surface area contributed by atoms with Crippen molar-refractivity contribution in [2.45, 2.75) is 39.7 Å². The summed E-state index contributed by atoms with van der Waals surface area (Å²) >= 11 is 6.39. The molecule has 1 amide bonds. The van der Waals surface area contributed by atoms with Crippen LogP contribution in [0.2, 0.25) is 5.02 Å². The maximum absolute atomic E-state index is 12.7. The highest BCUT2D eigenvalue weighted by molar-refractivity contribution is 6.31. The van der Waals surface area contributed by atoms with Crippen molar-refractivity contribution >= 4 is 34.2 Å². The van der Waals surface area contributed by atoms with Crippen LogP contribution in [0.25, 0.3) is 10.9 Å². The second-order valence-electron chi connectivity index (χ2n) is 8.63. The molecular weight excluding hydrogens is 494 g/mol. The Morgan fingerprint density at radius 1 is 1.11 bits per heavy atom. The van der Waals surface area contributed by atoms with E-state index >= 15 is 0 Å². The molecule has 0 saturated carbocycles. The number of amides is 1. The van der Waals surface area contributed by atoms with Crippen molar-refractivity contribution < 1.29 is 24.2 Å². The summed E-state index contributed by atoms with van der Waals surface area (Å²) in [6, 6.07) is 10.2. The standard InChI is InChI=1S/C28H34ClN3O5/c1-5-19(33)12-18-8-9-21(13-24(18)29)37-26-10-11-31-25-15-27(23(14-22(25)26)28(35)30-4)36-17-20(34)16-32(6-2)7-3/h8-11,13-15,20,34H,5-7,12,16-17H2,1-4H3,(H,30,35)/t20-/m1/s1. The zero-order chi connectivity index (χ0) is 26.9. The van der Waals surface area contributed by atoms with E-state index in [-0.39, 0.29) is 24.7 Å². The van der Waals surface area contributed by atoms with Gasteiger partial charge in [0, 0.05) is 49.1 Å². The van der Waals surface area contributed by atoms with E-state index in [1.54, 1.807) is 49.6 Å². The second kappa shape index (κ2) is 13.4. The number of aliphatic hydroxyl groups is 1. The van der Waals surface area contributed by atoms with Crippen LogP contribution >= 0.6 is 11.6 Å². The highest BCUT2D eigenvalue weighted by atomic mass is 35.5. The van der Waals surface area contributed by atoms with Gasteiger partial charge < -0.3 is 24.8 Å². The molecule has 1 heterocycles. The lowest BCUT2D eigenvalue weighted by Crippen LogP contribution is -2.35. The van der Waals surface area contributed by atoms with Crippen LogP contribution in [0.5, 0.6) is 17.2 Å². The quantitative estimate of drug-likeness (QED) is 0.334. The number of likely N-dealkylation sites (N-methyl/N-ethyl adjacent to an activating group) is 1. The first-order chi connectivity index (χ1) is 17.8. The number of ether oxygens (including phenoxy) is 2. The van der Waals surface area contributed by atoms with Gasteiger partial charge in [0.2, 0.25) is 0 Å². The van der Waals surface area contributed by atoms with Crippen molar-refractivity contribution in [3.63, 3.8) is 0 Å². The molecule has 1 aromatic heterocycles. The molecule has 0 fully saturated rings. The molecule has 2 aromatic carbocycles. The average Bonchev–Trinajstić information content (AvgIpc) is 2.91. The van der Waals surface area contributed by atoms with Gasteiger partial charge in [0.15, 0.2) is 0 Å². The van der Waals surface area contributed by atoms with Crippen LogP contribution in [0, 0.1) is 0 Å². The van der Waals surface area contributed by atoms with Crippen LogP contribution in [-0.2, 0) is 11.2 Å². The summed E-state index contributed by atoms with van der Waals surface area (Å²) in [7, 11) is 1.54. The molecule has 0 saturated heterocycles. The van der Waals surface area contributed by atoms with Crippen LogP contribution in [0.1, 0.15) is 43.1 Å². The van der Waals surface area contributed by atoms with Crippen LogP contribution < -0.4 is 14.8 Å². The first-order valence-electron chi connectivity index (χ1n) is 12.5. The first kappa shape index (κ1) is 28.4. The number of ketones is 1. The molecule has 0 spiro atoms. The van der Waals surface area contributed by atoms with Crippen molar-refractivity contribution in [2.75, 3.05) is 33.3 Å². The Bertz CT molecular complexity index is 1250. The van der Waals surface area contributed by atoms with Gasteiger partial charge >= 0.3 is 0 Å². The first-order valence-corrected chi connectivity index (χ1v) is 12.8. The molecule has 0 unspecified atom stereocenters. The molecule has 9 heteroatoms. The summed E-state index contributed by atoms with van der Waals surface area (Å²) in [5.41, 5.74) is 1.61. The normalized spacial score (nSPS) is 12.0. The Morgan fingerprint density at radius 2 is 1.86 bits per heavy atom. The molecule has 198 valence electrons. The lowest BCUT2D eigenvalue weighted by Gasteiger charge is -2.22. The number of hydrogen-bond acceptors (Lipinski definition) is 7. The Balaban J connectivity index is 1.89. The van der Waals surface area contributed by atoms with E-state index in [2.05, 4.69) is 15.2 Å². The molecule has 0 aliphatic heterocycles. The lowest BCUT2D eigenvalue weighted by atomic mass is 10.1. The Kier molecular flexibility index (Phi) is 10.3. The van der Waals surface area contributed by atoms with E-state index in [1.807, 2.05) is 20.8 Å². The number of nitrogens with one attached hydrogen (secondary N) is 1. The molecular formula is C28H34ClN3O5. The van der Waals surface area contributed by atoms with Crippen LogP contribution in [0.3, 0.4) is 0 Å². The second-order valence-corrected chi connectivity index (χ2v) is 9.04. The van der Waals surface area contributed by atoms with Crippen molar-refractivity contribution in [1.82, 2.24) is 15.2 Å². The van der Waals surface area contributed by atoms with Gasteiger partial charge in [-0.2, -0.15) is 0 Å². The van der Waals surface area contributed by atoms with Crippen LogP contribution in [0.4, 0.5) is 0 Å². The fourth-order valence-corrected chi connectivity index (χ4v) is 4.12. The summed E-state index contributed by atoms with van der Waals surface area (Å²) in [5, 5.41) is 14.1. The molecule has 1 atom stereocenters. The molecule has 0 bridgehead atoms. The van der Waals surface area contributed by atoms with Gasteiger partial charge in [-0.05, 0) is 42.9 Å². The van der Waals surface area contributed by atoms with Crippen molar-refractivity contribution in [2.24, 2.45) is 0 Å². The van der Waals surface area contributed by atoms with E-state index in [0.29, 0.717) is 51.7 Å². The highest BCUT2D eigenvalue weighted by Gasteiger charge is 2.18. The largest absolute Gasteiger partial charge is 0.490 e. The number of aromatic nitrogens is 1. The highest BCUT2D eigenvalue weighted by Crippen LogP contribution is 2.34. The van der Waals surface area contributed by atoms with Crippen molar-refractivity contribution in [1.29, 1.82) is 0 Å². The number of carbonyl (C=O) groups excluding carboxylic acids is 2. The summed E-state index contributed by atoms with van der Waals surface area (Å²) in [5.74, 6) is 1.07. The Hall–Kier alpha value is -3.20. The third-order valence-corrected chi connectivity index (χ3v) is 6.46. The van der Waals surface area contributed by atoms with E-state index in [0.717, 1.165) is 18.7 Å². The third-order valence-electron chi connectivity index (χ3n) is 6.10. The van der Waals surface area contributed by atoms with Gasteiger partial charge in [-0.15, -0.1) is 0 Å². The summed E-state index contributed by atoms with van der Waals surface area (Å²) in [4.78, 5) is 31.0. The van der Waals surface area contributed by atoms with Crippen molar-refractivity contribution in [3.8, 4) is 17.2 Å². The summed E-state index contributed by atoms with van der Waals surface area (Å²) in [6.45, 7) is 8.04. The Labute approximate surface area is 222 Å². The molecule has 0 radical (unpaired) electrons. The van der Waals surface area contributed by atoms with Crippen LogP contribution in [-0.4, -0.2) is 66.1 Å².